The number of hydrogen-bond acceptors (Lipinski definition) is 7. The number of rotatable bonds is 5. The van der Waals surface area contributed by atoms with Crippen LogP contribution in [0.15, 0.2) is 36.7 Å². The highest BCUT2D eigenvalue weighted by molar-refractivity contribution is 7.18. The van der Waals surface area contributed by atoms with Gasteiger partial charge in [0, 0.05) is 23.5 Å². The van der Waals surface area contributed by atoms with Crippen LogP contribution in [0.2, 0.25) is 0 Å². The van der Waals surface area contributed by atoms with Crippen LogP contribution in [0.4, 0.5) is 9.59 Å². The van der Waals surface area contributed by atoms with Crippen molar-refractivity contribution >= 4 is 23.5 Å². The van der Waals surface area contributed by atoms with Crippen molar-refractivity contribution in [2.24, 2.45) is 0 Å². The molecule has 1 aromatic carbocycles. The van der Waals surface area contributed by atoms with Crippen molar-refractivity contribution in [1.29, 1.82) is 0 Å². The van der Waals surface area contributed by atoms with E-state index in [9.17, 15) is 9.59 Å². The molecule has 5 heterocycles. The first-order valence-electron chi connectivity index (χ1n) is 18.2. The van der Waals surface area contributed by atoms with E-state index >= 15 is 0 Å². The highest BCUT2D eigenvalue weighted by atomic mass is 32.1. The second kappa shape index (κ2) is 12.3. The van der Waals surface area contributed by atoms with Crippen molar-refractivity contribution in [2.45, 2.75) is 122 Å². The first-order chi connectivity index (χ1) is 23.8. The Kier molecular flexibility index (Phi) is 8.12. The molecule has 1 saturated carbocycles. The number of carbonyl (C=O) groups is 2. The molecule has 3 aromatic heterocycles. The molecule has 2 saturated heterocycles. The molecule has 264 valence electrons. The minimum absolute atomic E-state index is 0.107. The Hall–Kier alpha value is -4.12. The molecule has 4 aromatic rings. The Bertz CT molecular complexity index is 1930. The van der Waals surface area contributed by atoms with E-state index in [1.54, 1.807) is 16.2 Å². The predicted molar refractivity (Wildman–Crippen MR) is 194 cm³/mol. The summed E-state index contributed by atoms with van der Waals surface area (Å²) in [4.78, 5) is 48.7. The maximum atomic E-state index is 13.0. The van der Waals surface area contributed by atoms with Crippen LogP contribution in [0.25, 0.3) is 32.3 Å². The molecule has 10 nitrogen and oxygen atoms in total. The molecule has 2 amide bonds. The van der Waals surface area contributed by atoms with E-state index in [0.717, 1.165) is 53.6 Å². The molecule has 11 heteroatoms. The summed E-state index contributed by atoms with van der Waals surface area (Å²) in [6, 6.07) is 8.77. The van der Waals surface area contributed by atoms with Gasteiger partial charge in [-0.2, -0.15) is 0 Å². The zero-order chi connectivity index (χ0) is 34.9. The molecule has 0 spiro atoms. The van der Waals surface area contributed by atoms with Gasteiger partial charge in [-0.1, -0.05) is 12.1 Å². The first-order valence-corrected chi connectivity index (χ1v) is 19.0. The van der Waals surface area contributed by atoms with E-state index in [1.807, 2.05) is 58.8 Å². The Morgan fingerprint density at radius 1 is 0.700 bits per heavy atom. The van der Waals surface area contributed by atoms with Crippen LogP contribution < -0.4 is 0 Å². The van der Waals surface area contributed by atoms with Crippen LogP contribution in [-0.2, 0) is 9.47 Å². The zero-order valence-corrected chi connectivity index (χ0v) is 30.8. The molecular formula is C39H48N6O4S. The number of amides is 2. The lowest BCUT2D eigenvalue weighted by molar-refractivity contribution is 0.0208. The summed E-state index contributed by atoms with van der Waals surface area (Å²) < 4.78 is 11.4. The number of nitrogens with zero attached hydrogens (tertiary/aromatic N) is 4. The van der Waals surface area contributed by atoms with Gasteiger partial charge in [0.2, 0.25) is 0 Å². The molecule has 8 rings (SSSR count). The van der Waals surface area contributed by atoms with Crippen LogP contribution in [0, 0.1) is 0 Å². The molecule has 2 bridgehead atoms. The fourth-order valence-electron chi connectivity index (χ4n) is 8.55. The molecule has 2 aliphatic carbocycles. The average molecular weight is 697 g/mol. The van der Waals surface area contributed by atoms with Gasteiger partial charge in [-0.3, -0.25) is 9.80 Å². The topological polar surface area (TPSA) is 116 Å². The number of hydrogen-bond donors (Lipinski definition) is 2. The van der Waals surface area contributed by atoms with Crippen molar-refractivity contribution in [2.75, 3.05) is 13.1 Å². The van der Waals surface area contributed by atoms with Crippen LogP contribution in [0.5, 0.6) is 0 Å². The second-order valence-electron chi connectivity index (χ2n) is 16.4. The van der Waals surface area contributed by atoms with Crippen molar-refractivity contribution in [1.82, 2.24) is 29.7 Å². The fraction of sp³-hybridized carbons (Fsp3) is 0.538. The molecule has 0 radical (unpaired) electrons. The highest BCUT2D eigenvalue weighted by Gasteiger charge is 2.41. The van der Waals surface area contributed by atoms with Gasteiger partial charge in [0.05, 0.1) is 40.7 Å². The molecule has 4 atom stereocenters. The first kappa shape index (κ1) is 33.0. The number of fused-ring (bicyclic) bond motifs is 5. The number of benzene rings is 1. The minimum atomic E-state index is -0.536. The monoisotopic (exact) mass is 696 g/mol. The maximum absolute atomic E-state index is 13.0. The molecular weight excluding hydrogens is 649 g/mol. The number of imidazole rings is 2. The highest BCUT2D eigenvalue weighted by Crippen LogP contribution is 2.58. The Labute approximate surface area is 298 Å². The summed E-state index contributed by atoms with van der Waals surface area (Å²) in [5.41, 5.74) is 6.44. The van der Waals surface area contributed by atoms with Crippen LogP contribution in [0.1, 0.15) is 133 Å². The van der Waals surface area contributed by atoms with Gasteiger partial charge in [-0.25, -0.2) is 19.6 Å². The average Bonchev–Trinajstić information content (AvgIpc) is 3.90. The van der Waals surface area contributed by atoms with Crippen LogP contribution in [-0.4, -0.2) is 66.2 Å². The predicted octanol–water partition coefficient (Wildman–Crippen LogP) is 9.70. The number of ether oxygens (including phenoxy) is 2. The number of H-pyrrole nitrogens is 2. The summed E-state index contributed by atoms with van der Waals surface area (Å²) in [6.45, 7) is 12.8. The number of aromatic amines is 2. The molecule has 3 fully saturated rings. The smallest absolute Gasteiger partial charge is 0.410 e. The van der Waals surface area contributed by atoms with Crippen LogP contribution in [0.3, 0.4) is 0 Å². The van der Waals surface area contributed by atoms with E-state index in [0.29, 0.717) is 24.9 Å². The molecule has 2 N–H and O–H groups in total. The van der Waals surface area contributed by atoms with Crippen molar-refractivity contribution in [3.8, 4) is 32.3 Å². The Morgan fingerprint density at radius 2 is 1.20 bits per heavy atom. The van der Waals surface area contributed by atoms with E-state index < -0.39 is 11.2 Å². The number of thiophene rings is 1. The van der Waals surface area contributed by atoms with Gasteiger partial charge in [-0.15, -0.1) is 11.3 Å². The lowest BCUT2D eigenvalue weighted by Gasteiger charge is -2.27. The summed E-state index contributed by atoms with van der Waals surface area (Å²) >= 11 is 1.79. The lowest BCUT2D eigenvalue weighted by Crippen LogP contribution is -2.36. The minimum Gasteiger partial charge on any atom is -0.444 e. The Balaban J connectivity index is 1.05. The van der Waals surface area contributed by atoms with Gasteiger partial charge >= 0.3 is 12.2 Å². The van der Waals surface area contributed by atoms with E-state index in [1.165, 1.54) is 46.4 Å². The summed E-state index contributed by atoms with van der Waals surface area (Å²) in [5.74, 6) is 2.76. The lowest BCUT2D eigenvalue weighted by atomic mass is 9.84. The Morgan fingerprint density at radius 3 is 1.78 bits per heavy atom. The SMILES string of the molecule is CC(C)(C)OC(=O)N1CCC[C@H]1c1ncc(-c2ccc(-c3ccc(-c4cnc([C@@H]5CCCN5C(=O)OC(C)(C)C)[nH]4)c4c3C3CCC4C3)s2)[nH]1. The molecule has 2 aliphatic heterocycles. The normalized spacial score (nSPS) is 23.2. The van der Waals surface area contributed by atoms with Gasteiger partial charge in [0.15, 0.2) is 0 Å². The van der Waals surface area contributed by atoms with E-state index in [-0.39, 0.29) is 24.3 Å². The number of carbonyl (C=O) groups excluding carboxylic acids is 2. The zero-order valence-electron chi connectivity index (χ0n) is 30.0. The number of likely N-dealkylation sites (tertiary alicyclic amines) is 2. The second-order valence-corrected chi connectivity index (χ2v) is 17.5. The van der Waals surface area contributed by atoms with Crippen molar-refractivity contribution < 1.29 is 19.1 Å². The molecule has 50 heavy (non-hydrogen) atoms. The van der Waals surface area contributed by atoms with Gasteiger partial charge in [-0.05, 0) is 127 Å². The fourth-order valence-corrected chi connectivity index (χ4v) is 9.56. The summed E-state index contributed by atoms with van der Waals surface area (Å²) in [5, 5.41) is 0. The third-order valence-corrected chi connectivity index (χ3v) is 11.7. The third-order valence-electron chi connectivity index (χ3n) is 10.5. The van der Waals surface area contributed by atoms with E-state index in [4.69, 9.17) is 19.4 Å². The largest absolute Gasteiger partial charge is 0.444 e. The van der Waals surface area contributed by atoms with Gasteiger partial charge in [0.1, 0.15) is 22.9 Å². The van der Waals surface area contributed by atoms with Crippen LogP contribution >= 0.6 is 11.3 Å². The number of aromatic nitrogens is 4. The van der Waals surface area contributed by atoms with Gasteiger partial charge < -0.3 is 19.4 Å². The summed E-state index contributed by atoms with van der Waals surface area (Å²) in [6.07, 6.45) is 10.5. The van der Waals surface area contributed by atoms with Gasteiger partial charge in [0.25, 0.3) is 0 Å². The van der Waals surface area contributed by atoms with E-state index in [2.05, 4.69) is 34.2 Å². The number of nitrogens with one attached hydrogen (secondary N) is 2. The third kappa shape index (κ3) is 6.11. The molecule has 4 aliphatic rings. The van der Waals surface area contributed by atoms with Crippen molar-refractivity contribution in [3.05, 3.63) is 59.4 Å². The van der Waals surface area contributed by atoms with Crippen molar-refractivity contribution in [3.63, 3.8) is 0 Å². The summed E-state index contributed by atoms with van der Waals surface area (Å²) in [7, 11) is 0. The standard InChI is InChI=1S/C39H48N6O4S/c1-38(2,3)48-36(46)44-17-7-9-28(44)34-40-20-26(42-34)24-13-14-25(33-23-12-11-22(19-23)32(24)33)30-15-16-31(50-30)27-21-41-35(43-27)29-10-8-18-45(29)37(47)49-39(4,5)6/h13-16,20-23,28-29H,7-12,17-19H2,1-6H3,(H,40,42)(H,41,43)/t22?,23?,28-,29-/m0/s1. The molecule has 2 unspecified atom stereocenters. The quantitative estimate of drug-likeness (QED) is 0.215. The maximum Gasteiger partial charge on any atom is 0.410 e.